The minimum absolute atomic E-state index is 0.0595. The summed E-state index contributed by atoms with van der Waals surface area (Å²) in [4.78, 5) is 0.880. The number of anilines is 1. The number of hydrogen-bond donors (Lipinski definition) is 1. The second kappa shape index (κ2) is 5.14. The van der Waals surface area contributed by atoms with Crippen LogP contribution in [0.3, 0.4) is 0 Å². The maximum Gasteiger partial charge on any atom is 0.0961 e. The zero-order valence-electron chi connectivity index (χ0n) is 7.83. The van der Waals surface area contributed by atoms with Gasteiger partial charge in [0.15, 0.2) is 0 Å². The zero-order valence-corrected chi connectivity index (χ0v) is 9.40. The van der Waals surface area contributed by atoms with E-state index >= 15 is 0 Å². The lowest BCUT2D eigenvalue weighted by Gasteiger charge is -2.08. The third-order valence-electron chi connectivity index (χ3n) is 1.76. The Bertz CT molecular complexity index is 360. The molecule has 4 heteroatoms. The Labute approximate surface area is 93.1 Å². The van der Waals surface area contributed by atoms with Crippen molar-refractivity contribution < 1.29 is 0 Å². The van der Waals surface area contributed by atoms with Gasteiger partial charge in [-0.15, -0.1) is 11.8 Å². The molecule has 0 saturated heterocycles. The quantitative estimate of drug-likeness (QED) is 0.636. The Kier molecular flexibility index (Phi) is 4.12. The molecule has 0 spiro atoms. The van der Waals surface area contributed by atoms with Gasteiger partial charge < -0.3 is 5.73 Å². The molecule has 74 valence electrons. The minimum Gasteiger partial charge on any atom is -0.398 e. The van der Waals surface area contributed by atoms with E-state index in [0.29, 0.717) is 10.7 Å². The van der Waals surface area contributed by atoms with Crippen molar-refractivity contribution in [1.82, 2.24) is 0 Å². The van der Waals surface area contributed by atoms with Gasteiger partial charge in [-0.25, -0.2) is 0 Å². The van der Waals surface area contributed by atoms with E-state index in [2.05, 4.69) is 6.07 Å². The molecule has 14 heavy (non-hydrogen) atoms. The van der Waals surface area contributed by atoms with Crippen LogP contribution < -0.4 is 5.73 Å². The highest BCUT2D eigenvalue weighted by atomic mass is 35.5. The van der Waals surface area contributed by atoms with Crippen LogP contribution in [-0.4, -0.2) is 5.25 Å². The topological polar surface area (TPSA) is 49.8 Å². The fraction of sp³-hybridized carbons (Fsp3) is 0.300. The van der Waals surface area contributed by atoms with Crippen LogP contribution in [-0.2, 0) is 0 Å². The molecule has 0 aliphatic carbocycles. The van der Waals surface area contributed by atoms with E-state index in [9.17, 15) is 0 Å². The van der Waals surface area contributed by atoms with Gasteiger partial charge in [0.05, 0.1) is 11.3 Å². The third-order valence-corrected chi connectivity index (χ3v) is 3.33. The van der Waals surface area contributed by atoms with Crippen molar-refractivity contribution in [3.8, 4) is 6.07 Å². The van der Waals surface area contributed by atoms with E-state index < -0.39 is 0 Å². The molecule has 1 rings (SSSR count). The summed E-state index contributed by atoms with van der Waals surface area (Å²) in [5.74, 6) is 0. The highest BCUT2D eigenvalue weighted by molar-refractivity contribution is 8.00. The van der Waals surface area contributed by atoms with Gasteiger partial charge in [-0.3, -0.25) is 0 Å². The maximum atomic E-state index is 8.80. The molecular formula is C10H11ClN2S. The summed E-state index contributed by atoms with van der Waals surface area (Å²) in [6, 6.07) is 7.51. The normalized spacial score (nSPS) is 12.1. The van der Waals surface area contributed by atoms with Crippen LogP contribution in [0.4, 0.5) is 5.69 Å². The predicted octanol–water partition coefficient (Wildman–Crippen LogP) is 3.32. The van der Waals surface area contributed by atoms with E-state index in [1.807, 2.05) is 6.92 Å². The number of nitriles is 1. The first-order valence-electron chi connectivity index (χ1n) is 4.28. The molecule has 1 aromatic carbocycles. The first-order chi connectivity index (χ1) is 6.67. The smallest absolute Gasteiger partial charge is 0.0961 e. The van der Waals surface area contributed by atoms with Crippen molar-refractivity contribution in [2.24, 2.45) is 0 Å². The Morgan fingerprint density at radius 3 is 2.93 bits per heavy atom. The highest BCUT2D eigenvalue weighted by Crippen LogP contribution is 2.31. The molecule has 0 aliphatic heterocycles. The molecule has 1 aromatic rings. The zero-order chi connectivity index (χ0) is 10.6. The number of benzene rings is 1. The van der Waals surface area contributed by atoms with Crippen LogP contribution >= 0.6 is 23.4 Å². The van der Waals surface area contributed by atoms with E-state index in [0.717, 1.165) is 11.3 Å². The van der Waals surface area contributed by atoms with Crippen LogP contribution in [0.25, 0.3) is 0 Å². The summed E-state index contributed by atoms with van der Waals surface area (Å²) in [6.07, 6.45) is 0.799. The van der Waals surface area contributed by atoms with Crippen LogP contribution in [0.15, 0.2) is 23.1 Å². The number of thioether (sulfide) groups is 1. The summed E-state index contributed by atoms with van der Waals surface area (Å²) in [7, 11) is 0. The fourth-order valence-corrected chi connectivity index (χ4v) is 2.13. The summed E-state index contributed by atoms with van der Waals surface area (Å²) in [6.45, 7) is 1.97. The Balaban J connectivity index is 2.86. The van der Waals surface area contributed by atoms with Crippen molar-refractivity contribution in [1.29, 1.82) is 5.26 Å². The van der Waals surface area contributed by atoms with Crippen LogP contribution in [0, 0.1) is 11.3 Å². The van der Waals surface area contributed by atoms with Gasteiger partial charge >= 0.3 is 0 Å². The van der Waals surface area contributed by atoms with E-state index in [4.69, 9.17) is 22.6 Å². The largest absolute Gasteiger partial charge is 0.398 e. The summed E-state index contributed by atoms with van der Waals surface area (Å²) in [5, 5.41) is 9.39. The lowest BCUT2D eigenvalue weighted by molar-refractivity contribution is 0.985. The number of nitrogens with two attached hydrogens (primary N) is 1. The van der Waals surface area contributed by atoms with Crippen molar-refractivity contribution in [3.63, 3.8) is 0 Å². The summed E-state index contributed by atoms with van der Waals surface area (Å²) >= 11 is 7.29. The summed E-state index contributed by atoms with van der Waals surface area (Å²) < 4.78 is 0. The molecule has 0 fully saturated rings. The molecule has 2 N–H and O–H groups in total. The van der Waals surface area contributed by atoms with Crippen LogP contribution in [0.1, 0.15) is 13.3 Å². The molecule has 2 nitrogen and oxygen atoms in total. The van der Waals surface area contributed by atoms with Gasteiger partial charge in [0.1, 0.15) is 0 Å². The molecule has 1 atom stereocenters. The van der Waals surface area contributed by atoms with Crippen molar-refractivity contribution >= 4 is 29.1 Å². The number of nitrogen functional groups attached to an aromatic ring is 1. The molecular weight excluding hydrogens is 216 g/mol. The third kappa shape index (κ3) is 2.83. The molecule has 0 radical (unpaired) electrons. The number of nitrogens with zero attached hydrogens (tertiary/aromatic N) is 1. The first-order valence-corrected chi connectivity index (χ1v) is 5.54. The van der Waals surface area contributed by atoms with Crippen molar-refractivity contribution in [2.75, 3.05) is 5.73 Å². The van der Waals surface area contributed by atoms with Gasteiger partial charge in [0.25, 0.3) is 0 Å². The molecule has 0 heterocycles. The second-order valence-corrected chi connectivity index (χ2v) is 4.51. The molecule has 1 unspecified atom stereocenters. The lowest BCUT2D eigenvalue weighted by Crippen LogP contribution is -1.97. The summed E-state index contributed by atoms with van der Waals surface area (Å²) in [5.41, 5.74) is 6.43. The van der Waals surface area contributed by atoms with Crippen molar-refractivity contribution in [3.05, 3.63) is 23.2 Å². The molecule has 0 saturated carbocycles. The number of rotatable bonds is 3. The van der Waals surface area contributed by atoms with Gasteiger partial charge in [-0.05, 0) is 24.6 Å². The lowest BCUT2D eigenvalue weighted by atomic mass is 10.3. The minimum atomic E-state index is -0.0595. The molecule has 0 bridgehead atoms. The number of hydrogen-bond acceptors (Lipinski definition) is 3. The maximum absolute atomic E-state index is 8.80. The van der Waals surface area contributed by atoms with E-state index in [1.165, 1.54) is 11.8 Å². The average Bonchev–Trinajstić information content (AvgIpc) is 2.19. The second-order valence-electron chi connectivity index (χ2n) is 2.83. The average molecular weight is 227 g/mol. The Hall–Kier alpha value is -0.850. The number of halogens is 1. The van der Waals surface area contributed by atoms with Gasteiger partial charge in [0, 0.05) is 15.6 Å². The van der Waals surface area contributed by atoms with Gasteiger partial charge in [0.2, 0.25) is 0 Å². The first kappa shape index (κ1) is 11.2. The molecule has 0 aliphatic rings. The highest BCUT2D eigenvalue weighted by Gasteiger charge is 2.09. The Morgan fingerprint density at radius 2 is 2.36 bits per heavy atom. The van der Waals surface area contributed by atoms with Crippen LogP contribution in [0.5, 0.6) is 0 Å². The fourth-order valence-electron chi connectivity index (χ4n) is 0.965. The monoisotopic (exact) mass is 226 g/mol. The van der Waals surface area contributed by atoms with Crippen molar-refractivity contribution in [2.45, 2.75) is 23.5 Å². The SMILES string of the molecule is CCC(C#N)Sc1cc(Cl)ccc1N. The predicted molar refractivity (Wildman–Crippen MR) is 61.4 cm³/mol. The van der Waals surface area contributed by atoms with Gasteiger partial charge in [-0.1, -0.05) is 18.5 Å². The van der Waals surface area contributed by atoms with Crippen LogP contribution in [0.2, 0.25) is 5.02 Å². The Morgan fingerprint density at radius 1 is 1.64 bits per heavy atom. The molecule has 0 aromatic heterocycles. The van der Waals surface area contributed by atoms with Gasteiger partial charge in [-0.2, -0.15) is 5.26 Å². The van der Waals surface area contributed by atoms with E-state index in [-0.39, 0.29) is 5.25 Å². The molecule has 0 amide bonds. The van der Waals surface area contributed by atoms with E-state index in [1.54, 1.807) is 18.2 Å². The standard InChI is InChI=1S/C10H11ClN2S/c1-2-8(6-12)14-10-5-7(11)3-4-9(10)13/h3-5,8H,2,13H2,1H3.